The molecule has 3 aromatic rings. The first-order chi connectivity index (χ1) is 14.4. The van der Waals surface area contributed by atoms with Crippen molar-refractivity contribution >= 4 is 17.8 Å². The number of carbonyl (C=O) groups excluding carboxylic acids is 3. The molecule has 2 aromatic carbocycles. The Kier molecular flexibility index (Phi) is 5.14. The van der Waals surface area contributed by atoms with Crippen molar-refractivity contribution in [3.63, 3.8) is 0 Å². The Morgan fingerprint density at radius 3 is 2.23 bits per heavy atom. The summed E-state index contributed by atoms with van der Waals surface area (Å²) in [4.78, 5) is 42.5. The Morgan fingerprint density at radius 2 is 1.67 bits per heavy atom. The number of aromatic nitrogens is 2. The number of imide groups is 1. The van der Waals surface area contributed by atoms with Gasteiger partial charge in [0, 0.05) is 5.92 Å². The van der Waals surface area contributed by atoms with Crippen LogP contribution in [-0.2, 0) is 17.9 Å². The van der Waals surface area contributed by atoms with Crippen molar-refractivity contribution in [3.8, 4) is 0 Å². The fourth-order valence-corrected chi connectivity index (χ4v) is 3.08. The monoisotopic (exact) mass is 405 g/mol. The third-order valence-electron chi connectivity index (χ3n) is 4.74. The highest BCUT2D eigenvalue weighted by molar-refractivity contribution is 6.21. The number of ether oxygens (including phenoxy) is 1. The van der Waals surface area contributed by atoms with Gasteiger partial charge < -0.3 is 9.26 Å². The van der Waals surface area contributed by atoms with E-state index in [0.29, 0.717) is 22.5 Å². The second-order valence-electron chi connectivity index (χ2n) is 7.22. The van der Waals surface area contributed by atoms with Crippen molar-refractivity contribution in [2.45, 2.75) is 32.9 Å². The summed E-state index contributed by atoms with van der Waals surface area (Å²) >= 11 is 0. The van der Waals surface area contributed by atoms with Crippen molar-refractivity contribution in [2.75, 3.05) is 0 Å². The van der Waals surface area contributed by atoms with Gasteiger partial charge in [0.2, 0.25) is 0 Å². The highest BCUT2D eigenvalue weighted by Crippen LogP contribution is 2.24. The van der Waals surface area contributed by atoms with Crippen molar-refractivity contribution in [1.82, 2.24) is 15.0 Å². The maximum atomic E-state index is 12.5. The number of hydrogen-bond donors (Lipinski definition) is 0. The van der Waals surface area contributed by atoms with Gasteiger partial charge in [-0.15, -0.1) is 0 Å². The highest BCUT2D eigenvalue weighted by atomic mass is 16.6. The Bertz CT molecular complexity index is 1080. The van der Waals surface area contributed by atoms with Gasteiger partial charge >= 0.3 is 5.97 Å². The zero-order valence-corrected chi connectivity index (χ0v) is 16.5. The summed E-state index contributed by atoms with van der Waals surface area (Å²) in [7, 11) is 0. The zero-order chi connectivity index (χ0) is 21.3. The number of amides is 2. The summed E-state index contributed by atoms with van der Waals surface area (Å²) < 4.78 is 10.2. The lowest BCUT2D eigenvalue weighted by Gasteiger charge is -2.14. The van der Waals surface area contributed by atoms with Gasteiger partial charge in [-0.1, -0.05) is 43.3 Å². The molecule has 30 heavy (non-hydrogen) atoms. The van der Waals surface area contributed by atoms with Gasteiger partial charge in [0.15, 0.2) is 12.4 Å². The fourth-order valence-electron chi connectivity index (χ4n) is 3.08. The minimum atomic E-state index is -0.536. The van der Waals surface area contributed by atoms with Crippen LogP contribution in [0.3, 0.4) is 0 Å². The fraction of sp³-hybridized carbons (Fsp3) is 0.227. The number of esters is 1. The van der Waals surface area contributed by atoms with Gasteiger partial charge in [0.05, 0.1) is 23.2 Å². The van der Waals surface area contributed by atoms with Crippen LogP contribution >= 0.6 is 0 Å². The summed E-state index contributed by atoms with van der Waals surface area (Å²) in [5, 5.41) is 3.82. The van der Waals surface area contributed by atoms with Crippen molar-refractivity contribution in [2.24, 2.45) is 0 Å². The van der Waals surface area contributed by atoms with E-state index in [2.05, 4.69) is 10.1 Å². The predicted molar refractivity (Wildman–Crippen MR) is 105 cm³/mol. The van der Waals surface area contributed by atoms with Gasteiger partial charge in [0.25, 0.3) is 17.7 Å². The molecule has 2 heterocycles. The number of benzene rings is 2. The summed E-state index contributed by atoms with van der Waals surface area (Å²) in [5.41, 5.74) is 1.87. The smallest absolute Gasteiger partial charge is 0.338 e. The second kappa shape index (κ2) is 7.90. The van der Waals surface area contributed by atoms with Gasteiger partial charge in [0.1, 0.15) is 0 Å². The first kappa shape index (κ1) is 19.5. The molecule has 0 spiro atoms. The number of fused-ring (bicyclic) bond motifs is 1. The molecule has 1 aromatic heterocycles. The molecular weight excluding hydrogens is 386 g/mol. The lowest BCUT2D eigenvalue weighted by atomic mass is 10.1. The normalized spacial score (nSPS) is 13.1. The van der Waals surface area contributed by atoms with E-state index in [4.69, 9.17) is 9.26 Å². The molecule has 0 N–H and O–H groups in total. The van der Waals surface area contributed by atoms with Crippen molar-refractivity contribution in [3.05, 3.63) is 82.5 Å². The Labute approximate surface area is 172 Å². The van der Waals surface area contributed by atoms with Crippen LogP contribution in [0.25, 0.3) is 0 Å². The quantitative estimate of drug-likeness (QED) is 0.458. The van der Waals surface area contributed by atoms with E-state index in [-0.39, 0.29) is 36.8 Å². The van der Waals surface area contributed by atoms with Crippen LogP contribution in [0.2, 0.25) is 0 Å². The first-order valence-corrected chi connectivity index (χ1v) is 9.48. The molecule has 0 aliphatic carbocycles. The van der Waals surface area contributed by atoms with Crippen LogP contribution < -0.4 is 0 Å². The third-order valence-corrected chi connectivity index (χ3v) is 4.74. The van der Waals surface area contributed by atoms with E-state index in [9.17, 15) is 14.4 Å². The molecule has 2 amide bonds. The Hall–Kier alpha value is -3.81. The number of hydrogen-bond acceptors (Lipinski definition) is 7. The summed E-state index contributed by atoms with van der Waals surface area (Å²) in [6.45, 7) is 3.88. The molecule has 0 radical (unpaired) electrons. The molecule has 0 unspecified atom stereocenters. The minimum absolute atomic E-state index is 0.116. The molecule has 152 valence electrons. The number of rotatable bonds is 6. The average molecular weight is 405 g/mol. The van der Waals surface area contributed by atoms with Crippen LogP contribution in [0.15, 0.2) is 53.1 Å². The lowest BCUT2D eigenvalue weighted by Crippen LogP contribution is -2.29. The van der Waals surface area contributed by atoms with Gasteiger partial charge in [-0.25, -0.2) is 4.79 Å². The molecule has 0 saturated carbocycles. The molecule has 0 saturated heterocycles. The van der Waals surface area contributed by atoms with Crippen molar-refractivity contribution < 1.29 is 23.6 Å². The van der Waals surface area contributed by atoms with E-state index >= 15 is 0 Å². The highest BCUT2D eigenvalue weighted by Gasteiger charge is 2.34. The molecule has 0 atom stereocenters. The maximum Gasteiger partial charge on any atom is 0.338 e. The lowest BCUT2D eigenvalue weighted by molar-refractivity contribution is 0.0429. The van der Waals surface area contributed by atoms with E-state index in [0.717, 1.165) is 5.56 Å². The van der Waals surface area contributed by atoms with Crippen LogP contribution in [-0.4, -0.2) is 32.8 Å². The third kappa shape index (κ3) is 3.71. The number of carbonyl (C=O) groups is 3. The van der Waals surface area contributed by atoms with E-state index < -0.39 is 5.97 Å². The van der Waals surface area contributed by atoms with E-state index in [1.165, 1.54) is 4.90 Å². The van der Waals surface area contributed by atoms with Crippen LogP contribution in [0.4, 0.5) is 0 Å². The van der Waals surface area contributed by atoms with Crippen molar-refractivity contribution in [1.29, 1.82) is 0 Å². The first-order valence-electron chi connectivity index (χ1n) is 9.48. The van der Waals surface area contributed by atoms with Crippen LogP contribution in [0.5, 0.6) is 0 Å². The molecule has 8 nitrogen and oxygen atoms in total. The molecule has 0 fully saturated rings. The SMILES string of the molecule is CC(C)c1noc(COC(=O)c2ccc(CN3C(=O)c4ccccc4C3=O)cc2)n1. The summed E-state index contributed by atoms with van der Waals surface area (Å²) in [6, 6.07) is 13.3. The van der Waals surface area contributed by atoms with E-state index in [1.807, 2.05) is 13.8 Å². The Morgan fingerprint density at radius 1 is 1.03 bits per heavy atom. The molecular formula is C22H19N3O5. The van der Waals surface area contributed by atoms with Gasteiger partial charge in [-0.05, 0) is 29.8 Å². The standard InChI is InChI=1S/C22H19N3O5/c1-13(2)19-23-18(30-24-19)12-29-22(28)15-9-7-14(8-10-15)11-25-20(26)16-5-3-4-6-17(16)21(25)27/h3-10,13H,11-12H2,1-2H3. The summed E-state index contributed by atoms with van der Waals surface area (Å²) in [5.74, 6) is -0.272. The Balaban J connectivity index is 1.37. The minimum Gasteiger partial charge on any atom is -0.452 e. The molecule has 4 rings (SSSR count). The zero-order valence-electron chi connectivity index (χ0n) is 16.5. The topological polar surface area (TPSA) is 103 Å². The molecule has 1 aliphatic heterocycles. The molecule has 0 bridgehead atoms. The molecule has 8 heteroatoms. The number of nitrogens with zero attached hydrogens (tertiary/aromatic N) is 3. The average Bonchev–Trinajstić information content (AvgIpc) is 3.32. The van der Waals surface area contributed by atoms with Crippen LogP contribution in [0.1, 0.15) is 68.1 Å². The van der Waals surface area contributed by atoms with Gasteiger partial charge in [-0.3, -0.25) is 14.5 Å². The van der Waals surface area contributed by atoms with Crippen LogP contribution in [0, 0.1) is 0 Å². The van der Waals surface area contributed by atoms with E-state index in [1.54, 1.807) is 48.5 Å². The maximum absolute atomic E-state index is 12.5. The second-order valence-corrected chi connectivity index (χ2v) is 7.22. The summed E-state index contributed by atoms with van der Waals surface area (Å²) in [6.07, 6.45) is 0. The largest absolute Gasteiger partial charge is 0.452 e. The molecule has 1 aliphatic rings. The predicted octanol–water partition coefficient (Wildman–Crippen LogP) is 3.35. The van der Waals surface area contributed by atoms with Gasteiger partial charge in [-0.2, -0.15) is 4.98 Å².